The summed E-state index contributed by atoms with van der Waals surface area (Å²) >= 11 is 0. The Morgan fingerprint density at radius 1 is 0.750 bits per heavy atom. The van der Waals surface area contributed by atoms with E-state index in [4.69, 9.17) is 10.0 Å². The van der Waals surface area contributed by atoms with Crippen molar-refractivity contribution in [1.29, 1.82) is 0 Å². The molecule has 0 aliphatic heterocycles. The van der Waals surface area contributed by atoms with E-state index in [1.165, 1.54) is 0 Å². The van der Waals surface area contributed by atoms with E-state index in [0.29, 0.717) is 0 Å². The molecule has 0 atom stereocenters. The van der Waals surface area contributed by atoms with Gasteiger partial charge in [-0.2, -0.15) is 8.78 Å². The Bertz CT molecular complexity index is 373. The van der Waals surface area contributed by atoms with E-state index in [1.807, 2.05) is 0 Å². The average molecular weight is 252 g/mol. The van der Waals surface area contributed by atoms with Crippen molar-refractivity contribution in [3.63, 3.8) is 0 Å². The third-order valence-electron chi connectivity index (χ3n) is 1.39. The Morgan fingerprint density at radius 2 is 1.06 bits per heavy atom. The van der Waals surface area contributed by atoms with Gasteiger partial charge in [-0.05, 0) is 0 Å². The summed E-state index contributed by atoms with van der Waals surface area (Å²) in [6.45, 7) is 0. The topological polar surface area (TPSA) is 49.7 Å². The van der Waals surface area contributed by atoms with E-state index in [1.54, 1.807) is 0 Å². The third-order valence-corrected chi connectivity index (χ3v) is 1.39. The van der Waals surface area contributed by atoms with Crippen LogP contribution in [-0.4, -0.2) is 46.9 Å². The standard InChI is InChI=1S/C6H2BF5O3.Na.H/c8-1-2(9)4(11)6(15-7(13)14)5(12)3(1)10;;/h13-14H;;. The molecule has 16 heavy (non-hydrogen) atoms. The van der Waals surface area contributed by atoms with Crippen LogP contribution in [0.25, 0.3) is 0 Å². The Balaban J connectivity index is 0.00000225. The van der Waals surface area contributed by atoms with Gasteiger partial charge in [0.15, 0.2) is 5.75 Å². The van der Waals surface area contributed by atoms with Gasteiger partial charge in [-0.3, -0.25) is 0 Å². The number of hydrogen-bond acceptors (Lipinski definition) is 3. The minimum absolute atomic E-state index is 0. The van der Waals surface area contributed by atoms with E-state index in [2.05, 4.69) is 4.65 Å². The molecule has 2 N–H and O–H groups in total. The number of hydrogen-bond donors (Lipinski definition) is 2. The molecular formula is C6H3BF5NaO3. The van der Waals surface area contributed by atoms with E-state index < -0.39 is 42.2 Å². The molecule has 10 heteroatoms. The summed E-state index contributed by atoms with van der Waals surface area (Å²) in [7, 11) is -2.70. The fourth-order valence-corrected chi connectivity index (χ4v) is 0.794. The van der Waals surface area contributed by atoms with Gasteiger partial charge in [0, 0.05) is 0 Å². The van der Waals surface area contributed by atoms with Crippen molar-refractivity contribution in [3.05, 3.63) is 29.1 Å². The second-order valence-electron chi connectivity index (χ2n) is 2.34. The molecule has 0 unspecified atom stereocenters. The predicted molar refractivity (Wildman–Crippen MR) is 44.2 cm³/mol. The molecule has 84 valence electrons. The predicted octanol–water partition coefficient (Wildman–Crippen LogP) is 0.0819. The van der Waals surface area contributed by atoms with E-state index in [0.717, 1.165) is 0 Å². The first-order chi connectivity index (χ1) is 6.86. The average Bonchev–Trinajstić information content (AvgIpc) is 2.18. The molecule has 0 radical (unpaired) electrons. The zero-order valence-electron chi connectivity index (χ0n) is 6.77. The summed E-state index contributed by atoms with van der Waals surface area (Å²) < 4.78 is 66.3. The van der Waals surface area contributed by atoms with Crippen LogP contribution in [0, 0.1) is 29.1 Å². The molecule has 1 rings (SSSR count). The zero-order valence-corrected chi connectivity index (χ0v) is 6.77. The second kappa shape index (κ2) is 5.83. The van der Waals surface area contributed by atoms with Crippen molar-refractivity contribution in [2.45, 2.75) is 0 Å². The molecule has 0 heterocycles. The Morgan fingerprint density at radius 3 is 1.38 bits per heavy atom. The van der Waals surface area contributed by atoms with Crippen molar-refractivity contribution in [2.75, 3.05) is 0 Å². The maximum atomic E-state index is 12.7. The summed E-state index contributed by atoms with van der Waals surface area (Å²) in [4.78, 5) is 0. The summed E-state index contributed by atoms with van der Waals surface area (Å²) in [6.07, 6.45) is 0. The molecule has 3 nitrogen and oxygen atoms in total. The maximum absolute atomic E-state index is 12.7. The Labute approximate surface area is 108 Å². The fourth-order valence-electron chi connectivity index (χ4n) is 0.794. The number of rotatable bonds is 2. The molecule has 0 amide bonds. The van der Waals surface area contributed by atoms with Crippen LogP contribution in [0.2, 0.25) is 0 Å². The summed E-state index contributed by atoms with van der Waals surface area (Å²) in [5.41, 5.74) is 0. The van der Waals surface area contributed by atoms with Gasteiger partial charge in [0.1, 0.15) is 0 Å². The third kappa shape index (κ3) is 2.86. The van der Waals surface area contributed by atoms with Crippen LogP contribution in [-0.2, 0) is 0 Å². The molecule has 0 aliphatic rings. The van der Waals surface area contributed by atoms with Gasteiger partial charge in [-0.25, -0.2) is 13.2 Å². The Kier molecular flexibility index (Phi) is 5.70. The van der Waals surface area contributed by atoms with Gasteiger partial charge in [-0.1, -0.05) is 0 Å². The SMILES string of the molecule is OB(O)Oc1c(F)c(F)c(F)c(F)c1F.[NaH]. The quantitative estimate of drug-likeness (QED) is 0.339. The molecule has 0 aliphatic carbocycles. The van der Waals surface area contributed by atoms with Crippen LogP contribution in [0.1, 0.15) is 0 Å². The molecule has 0 aromatic heterocycles. The summed E-state index contributed by atoms with van der Waals surface area (Å²) in [5, 5.41) is 16.3. The van der Waals surface area contributed by atoms with Crippen molar-refractivity contribution in [3.8, 4) is 5.75 Å². The summed E-state index contributed by atoms with van der Waals surface area (Å²) in [6, 6.07) is 0. The van der Waals surface area contributed by atoms with E-state index >= 15 is 0 Å². The van der Waals surface area contributed by atoms with E-state index in [-0.39, 0.29) is 29.6 Å². The normalized spacial score (nSPS) is 9.69. The van der Waals surface area contributed by atoms with Gasteiger partial charge >= 0.3 is 36.9 Å². The van der Waals surface area contributed by atoms with Crippen LogP contribution in [0.15, 0.2) is 0 Å². The molecule has 1 aromatic carbocycles. The van der Waals surface area contributed by atoms with Crippen LogP contribution in [0.5, 0.6) is 5.75 Å². The molecule has 0 bridgehead atoms. The summed E-state index contributed by atoms with van der Waals surface area (Å²) in [5.74, 6) is -13.1. The number of halogens is 5. The van der Waals surface area contributed by atoms with Gasteiger partial charge in [0.2, 0.25) is 29.1 Å². The zero-order chi connectivity index (χ0) is 11.7. The van der Waals surface area contributed by atoms with Gasteiger partial charge in [0.25, 0.3) is 0 Å². The van der Waals surface area contributed by atoms with Gasteiger partial charge in [0.05, 0.1) is 0 Å². The molecule has 0 saturated carbocycles. The second-order valence-corrected chi connectivity index (χ2v) is 2.34. The van der Waals surface area contributed by atoms with Crippen molar-refractivity contribution < 1.29 is 36.7 Å². The van der Waals surface area contributed by atoms with Crippen LogP contribution >= 0.6 is 0 Å². The fraction of sp³-hybridized carbons (Fsp3) is 0. The van der Waals surface area contributed by atoms with Gasteiger partial charge in [-0.15, -0.1) is 0 Å². The minimum atomic E-state index is -2.70. The first kappa shape index (κ1) is 15.7. The van der Waals surface area contributed by atoms with Crippen LogP contribution < -0.4 is 4.65 Å². The first-order valence-electron chi connectivity index (χ1n) is 3.40. The van der Waals surface area contributed by atoms with Crippen molar-refractivity contribution >= 4 is 36.9 Å². The first-order valence-corrected chi connectivity index (χ1v) is 3.40. The van der Waals surface area contributed by atoms with Crippen LogP contribution in [0.4, 0.5) is 22.0 Å². The number of benzene rings is 1. The van der Waals surface area contributed by atoms with Crippen molar-refractivity contribution in [1.82, 2.24) is 0 Å². The van der Waals surface area contributed by atoms with E-state index in [9.17, 15) is 22.0 Å². The molecular weight excluding hydrogens is 249 g/mol. The van der Waals surface area contributed by atoms with Crippen LogP contribution in [0.3, 0.4) is 0 Å². The molecule has 0 saturated heterocycles. The van der Waals surface area contributed by atoms with Crippen molar-refractivity contribution in [2.24, 2.45) is 0 Å². The Hall–Kier alpha value is -0.345. The molecule has 1 aromatic rings. The molecule has 0 fully saturated rings. The monoisotopic (exact) mass is 252 g/mol. The molecule has 0 spiro atoms. The van der Waals surface area contributed by atoms with Gasteiger partial charge < -0.3 is 14.7 Å².